The normalized spacial score (nSPS) is 10.1. The molecule has 6 nitrogen and oxygen atoms in total. The number of hydrogen-bond donors (Lipinski definition) is 1. The Labute approximate surface area is 166 Å². The lowest BCUT2D eigenvalue weighted by molar-refractivity contribution is -0.144. The number of halogens is 1. The van der Waals surface area contributed by atoms with E-state index >= 15 is 0 Å². The molecule has 2 rings (SSSR count). The Bertz CT molecular complexity index is 810. The minimum Gasteiger partial charge on any atom is -0.465 e. The zero-order valence-corrected chi connectivity index (χ0v) is 16.1. The maximum absolute atomic E-state index is 11.8. The summed E-state index contributed by atoms with van der Waals surface area (Å²) in [6, 6.07) is 13.6. The molecule has 0 fully saturated rings. The Kier molecular flexibility index (Phi) is 8.16. The Morgan fingerprint density at radius 2 is 1.78 bits per heavy atom. The van der Waals surface area contributed by atoms with Crippen LogP contribution in [0.15, 0.2) is 48.5 Å². The third-order valence-electron chi connectivity index (χ3n) is 3.39. The van der Waals surface area contributed by atoms with E-state index in [-0.39, 0.29) is 12.4 Å². The van der Waals surface area contributed by atoms with Crippen molar-refractivity contribution in [2.24, 2.45) is 0 Å². The fourth-order valence-corrected chi connectivity index (χ4v) is 3.16. The standard InChI is InChI=1S/C19H18ClNO5S/c1-25-19(24)13-6-8-15(9-7-13)21-17(22)10-26-18(23)12-27-11-14-4-2-3-5-16(14)20/h2-9H,10-12H2,1H3,(H,21,22). The van der Waals surface area contributed by atoms with E-state index < -0.39 is 17.8 Å². The maximum atomic E-state index is 11.8. The van der Waals surface area contributed by atoms with Gasteiger partial charge in [-0.25, -0.2) is 4.79 Å². The van der Waals surface area contributed by atoms with Crippen molar-refractivity contribution in [1.29, 1.82) is 0 Å². The van der Waals surface area contributed by atoms with Crippen LogP contribution in [-0.4, -0.2) is 37.3 Å². The van der Waals surface area contributed by atoms with E-state index in [1.54, 1.807) is 18.2 Å². The lowest BCUT2D eigenvalue weighted by Crippen LogP contribution is -2.21. The van der Waals surface area contributed by atoms with Crippen LogP contribution in [0.25, 0.3) is 0 Å². The van der Waals surface area contributed by atoms with Gasteiger partial charge in [-0.15, -0.1) is 11.8 Å². The molecule has 0 aliphatic heterocycles. The molecule has 1 N–H and O–H groups in total. The Morgan fingerprint density at radius 3 is 2.44 bits per heavy atom. The quantitative estimate of drug-likeness (QED) is 0.674. The average molecular weight is 408 g/mol. The monoisotopic (exact) mass is 407 g/mol. The minimum atomic E-state index is -0.483. The number of anilines is 1. The van der Waals surface area contributed by atoms with Gasteiger partial charge in [0.1, 0.15) is 0 Å². The Morgan fingerprint density at radius 1 is 1.07 bits per heavy atom. The van der Waals surface area contributed by atoms with Gasteiger partial charge in [-0.05, 0) is 35.9 Å². The second-order valence-electron chi connectivity index (χ2n) is 5.36. The molecule has 0 saturated carbocycles. The zero-order chi connectivity index (χ0) is 19.6. The smallest absolute Gasteiger partial charge is 0.337 e. The number of carbonyl (C=O) groups is 3. The Balaban J connectivity index is 1.69. The van der Waals surface area contributed by atoms with Crippen molar-refractivity contribution in [3.05, 3.63) is 64.7 Å². The fourth-order valence-electron chi connectivity index (χ4n) is 2.05. The fraction of sp³-hybridized carbons (Fsp3) is 0.211. The van der Waals surface area contributed by atoms with Crippen LogP contribution in [-0.2, 0) is 24.8 Å². The first-order valence-electron chi connectivity index (χ1n) is 7.94. The number of hydrogen-bond acceptors (Lipinski definition) is 6. The van der Waals surface area contributed by atoms with Crippen molar-refractivity contribution in [2.75, 3.05) is 24.8 Å². The minimum absolute atomic E-state index is 0.117. The lowest BCUT2D eigenvalue weighted by Gasteiger charge is -2.07. The van der Waals surface area contributed by atoms with Crippen LogP contribution in [0.1, 0.15) is 15.9 Å². The van der Waals surface area contributed by atoms with Crippen LogP contribution in [0.4, 0.5) is 5.69 Å². The van der Waals surface area contributed by atoms with E-state index in [2.05, 4.69) is 10.1 Å². The van der Waals surface area contributed by atoms with Crippen LogP contribution < -0.4 is 5.32 Å². The molecule has 2 aromatic carbocycles. The molecule has 0 aliphatic carbocycles. The van der Waals surface area contributed by atoms with E-state index in [4.69, 9.17) is 16.3 Å². The third kappa shape index (κ3) is 6.96. The summed E-state index contributed by atoms with van der Waals surface area (Å²) in [6.07, 6.45) is 0. The predicted octanol–water partition coefficient (Wildman–Crippen LogP) is 3.54. The number of rotatable bonds is 8. The van der Waals surface area contributed by atoms with Gasteiger partial charge in [0, 0.05) is 16.5 Å². The topological polar surface area (TPSA) is 81.7 Å². The van der Waals surface area contributed by atoms with Crippen molar-refractivity contribution >= 4 is 46.9 Å². The van der Waals surface area contributed by atoms with E-state index in [9.17, 15) is 14.4 Å². The predicted molar refractivity (Wildman–Crippen MR) is 105 cm³/mol. The summed E-state index contributed by atoms with van der Waals surface area (Å²) in [7, 11) is 1.29. The summed E-state index contributed by atoms with van der Waals surface area (Å²) in [5.41, 5.74) is 1.79. The summed E-state index contributed by atoms with van der Waals surface area (Å²) in [6.45, 7) is -0.385. The van der Waals surface area contributed by atoms with Crippen LogP contribution in [0.3, 0.4) is 0 Å². The number of carbonyl (C=O) groups excluding carboxylic acids is 3. The molecule has 0 spiro atoms. The van der Waals surface area contributed by atoms with Gasteiger partial charge in [-0.1, -0.05) is 29.8 Å². The highest BCUT2D eigenvalue weighted by Gasteiger charge is 2.10. The molecular formula is C19H18ClNO5S. The molecule has 0 aliphatic rings. The van der Waals surface area contributed by atoms with E-state index in [1.807, 2.05) is 18.2 Å². The van der Waals surface area contributed by atoms with Crippen molar-refractivity contribution in [3.8, 4) is 0 Å². The first kappa shape index (κ1) is 20.8. The molecule has 0 unspecified atom stereocenters. The van der Waals surface area contributed by atoms with Crippen LogP contribution in [0.2, 0.25) is 5.02 Å². The molecule has 0 radical (unpaired) electrons. The van der Waals surface area contributed by atoms with Gasteiger partial charge in [0.15, 0.2) is 6.61 Å². The molecule has 142 valence electrons. The molecule has 1 amide bonds. The second kappa shape index (κ2) is 10.6. The summed E-state index contributed by atoms with van der Waals surface area (Å²) in [5, 5.41) is 3.23. The number of ether oxygens (including phenoxy) is 2. The van der Waals surface area contributed by atoms with Crippen LogP contribution >= 0.6 is 23.4 Å². The highest BCUT2D eigenvalue weighted by Crippen LogP contribution is 2.20. The summed E-state index contributed by atoms with van der Waals surface area (Å²) in [5.74, 6) is -0.718. The van der Waals surface area contributed by atoms with E-state index in [1.165, 1.54) is 31.0 Å². The van der Waals surface area contributed by atoms with Crippen molar-refractivity contribution in [3.63, 3.8) is 0 Å². The average Bonchev–Trinajstić information content (AvgIpc) is 2.68. The number of thioether (sulfide) groups is 1. The second-order valence-corrected chi connectivity index (χ2v) is 6.75. The number of amides is 1. The molecule has 0 bridgehead atoms. The van der Waals surface area contributed by atoms with Gasteiger partial charge in [-0.2, -0.15) is 0 Å². The van der Waals surface area contributed by atoms with Gasteiger partial charge in [0.2, 0.25) is 0 Å². The van der Waals surface area contributed by atoms with Gasteiger partial charge in [0.25, 0.3) is 5.91 Å². The highest BCUT2D eigenvalue weighted by molar-refractivity contribution is 7.99. The van der Waals surface area contributed by atoms with Gasteiger partial charge in [0.05, 0.1) is 18.4 Å². The van der Waals surface area contributed by atoms with Crippen LogP contribution in [0.5, 0.6) is 0 Å². The number of nitrogens with one attached hydrogen (secondary N) is 1. The summed E-state index contributed by atoms with van der Waals surface area (Å²) >= 11 is 7.40. The molecule has 0 atom stereocenters. The first-order valence-corrected chi connectivity index (χ1v) is 9.48. The van der Waals surface area contributed by atoms with E-state index in [0.29, 0.717) is 22.0 Å². The summed E-state index contributed by atoms with van der Waals surface area (Å²) in [4.78, 5) is 34.9. The Hall–Kier alpha value is -2.51. The first-order chi connectivity index (χ1) is 13.0. The molecule has 0 heterocycles. The largest absolute Gasteiger partial charge is 0.465 e. The van der Waals surface area contributed by atoms with E-state index in [0.717, 1.165) is 5.56 Å². The zero-order valence-electron chi connectivity index (χ0n) is 14.6. The molecule has 2 aromatic rings. The van der Waals surface area contributed by atoms with Gasteiger partial charge >= 0.3 is 11.9 Å². The molecule has 0 aromatic heterocycles. The molecular weight excluding hydrogens is 390 g/mol. The number of methoxy groups -OCH3 is 1. The number of benzene rings is 2. The molecule has 27 heavy (non-hydrogen) atoms. The van der Waals surface area contributed by atoms with Crippen molar-refractivity contribution in [1.82, 2.24) is 0 Å². The van der Waals surface area contributed by atoms with Gasteiger partial charge < -0.3 is 14.8 Å². The van der Waals surface area contributed by atoms with Crippen molar-refractivity contribution < 1.29 is 23.9 Å². The van der Waals surface area contributed by atoms with Gasteiger partial charge in [-0.3, -0.25) is 9.59 Å². The number of esters is 2. The molecule has 8 heteroatoms. The summed E-state index contributed by atoms with van der Waals surface area (Å²) < 4.78 is 9.54. The third-order valence-corrected chi connectivity index (χ3v) is 4.71. The lowest BCUT2D eigenvalue weighted by atomic mass is 10.2. The molecule has 0 saturated heterocycles. The maximum Gasteiger partial charge on any atom is 0.337 e. The SMILES string of the molecule is COC(=O)c1ccc(NC(=O)COC(=O)CSCc2ccccc2Cl)cc1. The highest BCUT2D eigenvalue weighted by atomic mass is 35.5. The van der Waals surface area contributed by atoms with Crippen LogP contribution in [0, 0.1) is 0 Å². The van der Waals surface area contributed by atoms with Crippen molar-refractivity contribution in [2.45, 2.75) is 5.75 Å².